The van der Waals surface area contributed by atoms with Crippen LogP contribution in [0.2, 0.25) is 0 Å². The van der Waals surface area contributed by atoms with Gasteiger partial charge in [-0.2, -0.15) is 0 Å². The minimum atomic E-state index is -1.00. The second-order valence-corrected chi connectivity index (χ2v) is 7.34. The first-order chi connectivity index (χ1) is 13.8. The summed E-state index contributed by atoms with van der Waals surface area (Å²) in [6, 6.07) is 0. The van der Waals surface area contributed by atoms with Crippen LogP contribution in [0, 0.1) is 15.5 Å². The van der Waals surface area contributed by atoms with Gasteiger partial charge in [0.05, 0.1) is 19.6 Å². The molecule has 0 bridgehead atoms. The summed E-state index contributed by atoms with van der Waals surface area (Å²) in [4.78, 5) is 54.1. The SMILES string of the molecule is CC(OC(=O)CCCCCO[N+](=O)[O-])ON(C=O)CC1(CC(=O)O)CCCCC1. The van der Waals surface area contributed by atoms with Crippen molar-refractivity contribution < 1.29 is 39.0 Å². The number of unbranched alkanes of at least 4 members (excludes halogenated alkanes) is 2. The van der Waals surface area contributed by atoms with E-state index in [2.05, 4.69) is 4.84 Å². The first-order valence-corrected chi connectivity index (χ1v) is 9.84. The fraction of sp³-hybridized carbons (Fsp3) is 0.833. The lowest BCUT2D eigenvalue weighted by atomic mass is 9.71. The molecule has 0 aliphatic heterocycles. The summed E-state index contributed by atoms with van der Waals surface area (Å²) in [6.07, 6.45) is 5.25. The van der Waals surface area contributed by atoms with Crippen molar-refractivity contribution in [1.29, 1.82) is 0 Å². The molecule has 0 aromatic heterocycles. The molecule has 0 heterocycles. The van der Waals surface area contributed by atoms with Crippen molar-refractivity contribution in [3.63, 3.8) is 0 Å². The lowest BCUT2D eigenvalue weighted by Gasteiger charge is -2.38. The Bertz CT molecular complexity index is 549. The summed E-state index contributed by atoms with van der Waals surface area (Å²) in [5.41, 5.74) is -0.541. The number of hydrogen-bond donors (Lipinski definition) is 1. The minimum absolute atomic E-state index is 0.0199. The molecule has 1 rings (SSSR count). The Labute approximate surface area is 169 Å². The van der Waals surface area contributed by atoms with Crippen molar-refractivity contribution in [1.82, 2.24) is 5.06 Å². The molecule has 1 amide bonds. The number of carbonyl (C=O) groups is 3. The van der Waals surface area contributed by atoms with E-state index in [0.717, 1.165) is 24.3 Å². The van der Waals surface area contributed by atoms with Crippen molar-refractivity contribution in [3.05, 3.63) is 10.1 Å². The van der Waals surface area contributed by atoms with Crippen LogP contribution in [0.1, 0.15) is 71.1 Å². The summed E-state index contributed by atoms with van der Waals surface area (Å²) in [5.74, 6) is -1.43. The van der Waals surface area contributed by atoms with E-state index >= 15 is 0 Å². The van der Waals surface area contributed by atoms with E-state index < -0.39 is 28.7 Å². The third-order valence-corrected chi connectivity index (χ3v) is 4.85. The van der Waals surface area contributed by atoms with Crippen LogP contribution in [0.15, 0.2) is 0 Å². The number of amides is 1. The number of carboxylic acid groups (broad SMARTS) is 1. The summed E-state index contributed by atoms with van der Waals surface area (Å²) in [7, 11) is 0. The summed E-state index contributed by atoms with van der Waals surface area (Å²) < 4.78 is 5.11. The van der Waals surface area contributed by atoms with Crippen molar-refractivity contribution in [2.24, 2.45) is 5.41 Å². The first-order valence-electron chi connectivity index (χ1n) is 9.84. The Kier molecular flexibility index (Phi) is 11.0. The number of rotatable bonds is 15. The molecule has 1 aliphatic carbocycles. The van der Waals surface area contributed by atoms with E-state index in [1.807, 2.05) is 0 Å². The van der Waals surface area contributed by atoms with E-state index in [1.54, 1.807) is 0 Å². The van der Waals surface area contributed by atoms with Gasteiger partial charge in [-0.05, 0) is 25.7 Å². The minimum Gasteiger partial charge on any atom is -0.481 e. The molecule has 0 saturated heterocycles. The van der Waals surface area contributed by atoms with Gasteiger partial charge < -0.3 is 14.7 Å². The molecule has 166 valence electrons. The number of carbonyl (C=O) groups excluding carboxylic acids is 2. The normalized spacial score (nSPS) is 16.4. The molecule has 1 saturated carbocycles. The van der Waals surface area contributed by atoms with E-state index in [4.69, 9.17) is 9.57 Å². The Balaban J connectivity index is 2.38. The number of nitrogens with zero attached hydrogens (tertiary/aromatic N) is 2. The van der Waals surface area contributed by atoms with Crippen LogP contribution in [0.25, 0.3) is 0 Å². The number of ether oxygens (including phenoxy) is 1. The molecule has 29 heavy (non-hydrogen) atoms. The molecule has 11 nitrogen and oxygen atoms in total. The maximum atomic E-state index is 11.8. The highest BCUT2D eigenvalue weighted by Gasteiger charge is 2.37. The van der Waals surface area contributed by atoms with E-state index in [9.17, 15) is 29.6 Å². The largest absolute Gasteiger partial charge is 0.481 e. The van der Waals surface area contributed by atoms with Gasteiger partial charge in [0.15, 0.2) is 0 Å². The van der Waals surface area contributed by atoms with Crippen LogP contribution in [0.4, 0.5) is 0 Å². The van der Waals surface area contributed by atoms with E-state index in [1.165, 1.54) is 6.92 Å². The number of carboxylic acids is 1. The van der Waals surface area contributed by atoms with Crippen LogP contribution in [0.3, 0.4) is 0 Å². The standard InChI is InChI=1S/C18H30N2O9/c1-15(28-17(24)8-4-2-7-11-27-20(25)26)29-19(14-21)13-18(12-16(22)23)9-5-3-6-10-18/h14-15H,2-13H2,1H3,(H,22,23). The second kappa shape index (κ2) is 12.9. The van der Waals surface area contributed by atoms with Crippen molar-refractivity contribution in [2.75, 3.05) is 13.2 Å². The zero-order valence-electron chi connectivity index (χ0n) is 16.7. The van der Waals surface area contributed by atoms with Gasteiger partial charge in [0, 0.05) is 18.8 Å². The monoisotopic (exact) mass is 418 g/mol. The second-order valence-electron chi connectivity index (χ2n) is 7.34. The summed E-state index contributed by atoms with van der Waals surface area (Å²) in [5, 5.41) is 19.4. The predicted octanol–water partition coefficient (Wildman–Crippen LogP) is 2.46. The number of hydrogen-bond acceptors (Lipinski definition) is 8. The molecule has 1 atom stereocenters. The third-order valence-electron chi connectivity index (χ3n) is 4.85. The topological polar surface area (TPSA) is 146 Å². The molecule has 1 aliphatic rings. The summed E-state index contributed by atoms with van der Waals surface area (Å²) in [6.45, 7) is 1.58. The van der Waals surface area contributed by atoms with E-state index in [-0.39, 0.29) is 26.0 Å². The molecule has 11 heteroatoms. The van der Waals surface area contributed by atoms with Crippen LogP contribution in [0.5, 0.6) is 0 Å². The summed E-state index contributed by atoms with van der Waals surface area (Å²) >= 11 is 0. The van der Waals surface area contributed by atoms with Crippen LogP contribution in [-0.2, 0) is 28.8 Å². The van der Waals surface area contributed by atoms with Gasteiger partial charge in [-0.1, -0.05) is 25.7 Å². The Morgan fingerprint density at radius 1 is 1.24 bits per heavy atom. The number of aliphatic carboxylic acids is 1. The van der Waals surface area contributed by atoms with Crippen LogP contribution < -0.4 is 0 Å². The molecule has 0 aromatic carbocycles. The van der Waals surface area contributed by atoms with Crippen molar-refractivity contribution >= 4 is 18.3 Å². The third kappa shape index (κ3) is 10.6. The van der Waals surface area contributed by atoms with Crippen molar-refractivity contribution in [2.45, 2.75) is 77.4 Å². The number of esters is 1. The smallest absolute Gasteiger partial charge is 0.308 e. The lowest BCUT2D eigenvalue weighted by Crippen LogP contribution is -2.42. The fourth-order valence-electron chi connectivity index (χ4n) is 3.59. The molecule has 1 unspecified atom stereocenters. The highest BCUT2D eigenvalue weighted by molar-refractivity contribution is 5.69. The predicted molar refractivity (Wildman–Crippen MR) is 98.6 cm³/mol. The highest BCUT2D eigenvalue weighted by atomic mass is 16.9. The molecule has 0 spiro atoms. The highest BCUT2D eigenvalue weighted by Crippen LogP contribution is 2.40. The van der Waals surface area contributed by atoms with Gasteiger partial charge in [-0.3, -0.25) is 14.4 Å². The Morgan fingerprint density at radius 3 is 2.52 bits per heavy atom. The molecule has 0 aromatic rings. The molecule has 0 radical (unpaired) electrons. The average Bonchev–Trinajstić information content (AvgIpc) is 2.63. The zero-order valence-corrected chi connectivity index (χ0v) is 16.7. The van der Waals surface area contributed by atoms with Gasteiger partial charge in [-0.15, -0.1) is 10.1 Å². The molecular weight excluding hydrogens is 388 g/mol. The van der Waals surface area contributed by atoms with Gasteiger partial charge in [0.2, 0.25) is 12.7 Å². The first kappa shape index (κ1) is 24.6. The fourth-order valence-corrected chi connectivity index (χ4v) is 3.59. The quantitative estimate of drug-likeness (QED) is 0.106. The average molecular weight is 418 g/mol. The maximum Gasteiger partial charge on any atom is 0.308 e. The number of hydroxylamine groups is 2. The van der Waals surface area contributed by atoms with Gasteiger partial charge in [0.25, 0.3) is 5.09 Å². The van der Waals surface area contributed by atoms with Gasteiger partial charge >= 0.3 is 11.9 Å². The van der Waals surface area contributed by atoms with E-state index in [0.29, 0.717) is 38.5 Å². The van der Waals surface area contributed by atoms with Crippen LogP contribution >= 0.6 is 0 Å². The Hall–Kier alpha value is -2.43. The lowest BCUT2D eigenvalue weighted by molar-refractivity contribution is -0.757. The molecular formula is C18H30N2O9. The van der Waals surface area contributed by atoms with Gasteiger partial charge in [-0.25, -0.2) is 9.90 Å². The zero-order chi connectivity index (χ0) is 21.7. The van der Waals surface area contributed by atoms with Crippen molar-refractivity contribution in [3.8, 4) is 0 Å². The van der Waals surface area contributed by atoms with Gasteiger partial charge in [0.1, 0.15) is 0 Å². The van der Waals surface area contributed by atoms with Crippen LogP contribution in [-0.4, -0.2) is 53.0 Å². The molecule has 1 N–H and O–H groups in total. The Morgan fingerprint density at radius 2 is 1.93 bits per heavy atom. The molecule has 1 fully saturated rings. The maximum absolute atomic E-state index is 11.8.